The largest absolute Gasteiger partial charge is 0.395 e. The zero-order valence-electron chi connectivity index (χ0n) is 15.8. The first-order valence-electron chi connectivity index (χ1n) is 9.64. The maximum absolute atomic E-state index is 11.3. The van der Waals surface area contributed by atoms with Gasteiger partial charge in [-0.2, -0.15) is 0 Å². The van der Waals surface area contributed by atoms with Gasteiger partial charge in [-0.3, -0.25) is 0 Å². The number of hydrogen-bond donors (Lipinski definition) is 2. The van der Waals surface area contributed by atoms with E-state index in [0.29, 0.717) is 25.0 Å². The SMILES string of the molecule is CN(C)CCCC[C@H]1CC[C@]2(C)[C@@H](/C=N/OCCN)CC[C@]2(O)C1. The number of aliphatic hydroxyl groups is 1. The molecule has 0 spiro atoms. The minimum atomic E-state index is -0.526. The molecule has 140 valence electrons. The molecule has 0 bridgehead atoms. The molecule has 0 amide bonds. The van der Waals surface area contributed by atoms with E-state index in [4.69, 9.17) is 10.6 Å². The zero-order chi connectivity index (χ0) is 17.6. The van der Waals surface area contributed by atoms with Crippen LogP contribution in [0, 0.1) is 17.3 Å². The van der Waals surface area contributed by atoms with Crippen LogP contribution in [0.15, 0.2) is 5.16 Å². The smallest absolute Gasteiger partial charge is 0.129 e. The van der Waals surface area contributed by atoms with E-state index in [2.05, 4.69) is 31.1 Å². The summed E-state index contributed by atoms with van der Waals surface area (Å²) in [5.41, 5.74) is 4.84. The fraction of sp³-hybridized carbons (Fsp3) is 0.947. The lowest BCUT2D eigenvalue weighted by molar-refractivity contribution is -0.107. The average molecular weight is 340 g/mol. The minimum absolute atomic E-state index is 0.0529. The van der Waals surface area contributed by atoms with Gasteiger partial charge in [-0.1, -0.05) is 24.9 Å². The summed E-state index contributed by atoms with van der Waals surface area (Å²) in [7, 11) is 4.26. The van der Waals surface area contributed by atoms with Crippen molar-refractivity contribution in [3.63, 3.8) is 0 Å². The summed E-state index contributed by atoms with van der Waals surface area (Å²) < 4.78 is 0. The van der Waals surface area contributed by atoms with Gasteiger partial charge in [-0.25, -0.2) is 0 Å². The molecule has 0 radical (unpaired) electrons. The van der Waals surface area contributed by atoms with Crippen LogP contribution in [0.5, 0.6) is 0 Å². The molecule has 0 aromatic rings. The molecule has 24 heavy (non-hydrogen) atoms. The molecule has 0 aromatic heterocycles. The third-order valence-electron chi connectivity index (χ3n) is 6.44. The van der Waals surface area contributed by atoms with Gasteiger partial charge < -0.3 is 20.6 Å². The van der Waals surface area contributed by atoms with Crippen molar-refractivity contribution >= 4 is 6.21 Å². The maximum Gasteiger partial charge on any atom is 0.129 e. The van der Waals surface area contributed by atoms with E-state index in [1.54, 1.807) is 0 Å². The van der Waals surface area contributed by atoms with Crippen LogP contribution in [0.25, 0.3) is 0 Å². The van der Waals surface area contributed by atoms with E-state index in [1.807, 2.05) is 6.21 Å². The van der Waals surface area contributed by atoms with Crippen molar-refractivity contribution in [2.75, 3.05) is 33.8 Å². The molecule has 2 rings (SSSR count). The van der Waals surface area contributed by atoms with Gasteiger partial charge in [0.1, 0.15) is 6.61 Å². The summed E-state index contributed by atoms with van der Waals surface area (Å²) >= 11 is 0. The lowest BCUT2D eigenvalue weighted by atomic mass is 9.60. The Morgan fingerprint density at radius 3 is 2.79 bits per heavy atom. The Kier molecular flexibility index (Phi) is 7.08. The molecule has 0 heterocycles. The van der Waals surface area contributed by atoms with Gasteiger partial charge in [0, 0.05) is 24.1 Å². The van der Waals surface area contributed by atoms with Gasteiger partial charge in [-0.05, 0) is 65.1 Å². The zero-order valence-corrected chi connectivity index (χ0v) is 15.8. The van der Waals surface area contributed by atoms with Crippen molar-refractivity contribution < 1.29 is 9.94 Å². The quantitative estimate of drug-likeness (QED) is 0.385. The predicted molar refractivity (Wildman–Crippen MR) is 99.0 cm³/mol. The van der Waals surface area contributed by atoms with E-state index >= 15 is 0 Å². The first-order chi connectivity index (χ1) is 11.4. The van der Waals surface area contributed by atoms with E-state index in [0.717, 1.165) is 32.2 Å². The van der Waals surface area contributed by atoms with Crippen molar-refractivity contribution in [2.45, 2.75) is 63.9 Å². The van der Waals surface area contributed by atoms with Gasteiger partial charge in [0.15, 0.2) is 0 Å². The highest BCUT2D eigenvalue weighted by Gasteiger charge is 2.58. The Morgan fingerprint density at radius 1 is 1.29 bits per heavy atom. The average Bonchev–Trinajstić information content (AvgIpc) is 2.79. The molecule has 3 N–H and O–H groups in total. The summed E-state index contributed by atoms with van der Waals surface area (Å²) in [5, 5.41) is 15.4. The number of rotatable bonds is 9. The molecule has 2 saturated carbocycles. The topological polar surface area (TPSA) is 71.1 Å². The summed E-state index contributed by atoms with van der Waals surface area (Å²) in [4.78, 5) is 7.42. The van der Waals surface area contributed by atoms with Crippen LogP contribution < -0.4 is 5.73 Å². The van der Waals surface area contributed by atoms with Crippen molar-refractivity contribution in [2.24, 2.45) is 28.1 Å². The first-order valence-corrected chi connectivity index (χ1v) is 9.64. The molecule has 4 atom stereocenters. The Labute approximate surface area is 147 Å². The summed E-state index contributed by atoms with van der Waals surface area (Å²) in [6.07, 6.45) is 10.9. The van der Waals surface area contributed by atoms with Gasteiger partial charge in [0.2, 0.25) is 0 Å². The number of unbranched alkanes of at least 4 members (excludes halogenated alkanes) is 1. The monoisotopic (exact) mass is 339 g/mol. The number of fused-ring (bicyclic) bond motifs is 1. The lowest BCUT2D eigenvalue weighted by Gasteiger charge is -2.48. The minimum Gasteiger partial charge on any atom is -0.395 e. The Balaban J connectivity index is 1.86. The van der Waals surface area contributed by atoms with Gasteiger partial charge >= 0.3 is 0 Å². The second-order valence-electron chi connectivity index (χ2n) is 8.38. The maximum atomic E-state index is 11.3. The summed E-state index contributed by atoms with van der Waals surface area (Å²) in [6, 6.07) is 0. The highest BCUT2D eigenvalue weighted by Crippen LogP contribution is 2.59. The predicted octanol–water partition coefficient (Wildman–Crippen LogP) is 2.63. The van der Waals surface area contributed by atoms with Crippen LogP contribution in [0.3, 0.4) is 0 Å². The lowest BCUT2D eigenvalue weighted by Crippen LogP contribution is -2.50. The molecule has 5 heteroatoms. The van der Waals surface area contributed by atoms with Crippen LogP contribution in [-0.2, 0) is 4.84 Å². The van der Waals surface area contributed by atoms with Crippen molar-refractivity contribution in [1.29, 1.82) is 0 Å². The fourth-order valence-electron chi connectivity index (χ4n) is 4.75. The summed E-state index contributed by atoms with van der Waals surface area (Å²) in [5.74, 6) is 0.990. The van der Waals surface area contributed by atoms with Crippen LogP contribution in [0.4, 0.5) is 0 Å². The molecular weight excluding hydrogens is 302 g/mol. The van der Waals surface area contributed by atoms with Crippen LogP contribution in [0.2, 0.25) is 0 Å². The number of hydrogen-bond acceptors (Lipinski definition) is 5. The molecule has 0 unspecified atom stereocenters. The van der Waals surface area contributed by atoms with Crippen LogP contribution >= 0.6 is 0 Å². The molecule has 2 aliphatic carbocycles. The van der Waals surface area contributed by atoms with Crippen molar-refractivity contribution in [1.82, 2.24) is 4.90 Å². The van der Waals surface area contributed by atoms with Gasteiger partial charge in [0.05, 0.1) is 5.60 Å². The standard InChI is InChI=1S/C19H37N3O2/c1-18-9-7-16(6-4-5-12-22(2)3)14-19(18,23)10-8-17(18)15-21-24-13-11-20/h15-17,23H,4-14,20H2,1-3H3/b21-15+/t16-,17+,18+,19-/m0/s1. The van der Waals surface area contributed by atoms with Gasteiger partial charge in [0.25, 0.3) is 0 Å². The van der Waals surface area contributed by atoms with Crippen LogP contribution in [0.1, 0.15) is 58.3 Å². The molecule has 2 aliphatic rings. The highest BCUT2D eigenvalue weighted by molar-refractivity contribution is 5.62. The van der Waals surface area contributed by atoms with Crippen molar-refractivity contribution in [3.05, 3.63) is 0 Å². The molecule has 0 aromatic carbocycles. The molecule has 2 fully saturated rings. The van der Waals surface area contributed by atoms with Crippen LogP contribution in [-0.4, -0.2) is 55.6 Å². The second kappa shape index (κ2) is 8.63. The third-order valence-corrected chi connectivity index (χ3v) is 6.44. The van der Waals surface area contributed by atoms with E-state index in [1.165, 1.54) is 25.7 Å². The van der Waals surface area contributed by atoms with E-state index < -0.39 is 5.60 Å². The number of oxime groups is 1. The Bertz CT molecular complexity index is 415. The third kappa shape index (κ3) is 4.50. The molecular formula is C19H37N3O2. The molecule has 0 aliphatic heterocycles. The molecule has 5 nitrogen and oxygen atoms in total. The summed E-state index contributed by atoms with van der Waals surface area (Å²) in [6.45, 7) is 4.36. The fourth-order valence-corrected chi connectivity index (χ4v) is 4.75. The van der Waals surface area contributed by atoms with Crippen molar-refractivity contribution in [3.8, 4) is 0 Å². The van der Waals surface area contributed by atoms with Gasteiger partial charge in [-0.15, -0.1) is 0 Å². The second-order valence-corrected chi connectivity index (χ2v) is 8.38. The Morgan fingerprint density at radius 2 is 2.08 bits per heavy atom. The molecule has 0 saturated heterocycles. The number of nitrogens with two attached hydrogens (primary N) is 1. The normalized spacial score (nSPS) is 36.4. The highest BCUT2D eigenvalue weighted by atomic mass is 16.6. The van der Waals surface area contributed by atoms with E-state index in [-0.39, 0.29) is 5.41 Å². The number of nitrogens with zero attached hydrogens (tertiary/aromatic N) is 2. The Hall–Kier alpha value is -0.650. The van der Waals surface area contributed by atoms with E-state index in [9.17, 15) is 5.11 Å². The first kappa shape index (κ1) is 19.7.